The number of hydrogen-bond donors (Lipinski definition) is 2. The van der Waals surface area contributed by atoms with E-state index in [0.29, 0.717) is 13.1 Å². The Bertz CT molecular complexity index is 931. The molecule has 0 aliphatic carbocycles. The fourth-order valence-electron chi connectivity index (χ4n) is 3.50. The van der Waals surface area contributed by atoms with Gasteiger partial charge in [0, 0.05) is 37.1 Å². The Hall–Kier alpha value is -2.61. The first-order chi connectivity index (χ1) is 13.9. The van der Waals surface area contributed by atoms with Crippen LogP contribution in [0.5, 0.6) is 0 Å². The molecule has 2 aromatic rings. The van der Waals surface area contributed by atoms with Gasteiger partial charge in [0.1, 0.15) is 5.60 Å². The molecule has 0 bridgehead atoms. The molecule has 2 aliphatic heterocycles. The molecule has 29 heavy (non-hydrogen) atoms. The van der Waals surface area contributed by atoms with Crippen LogP contribution in [0.3, 0.4) is 0 Å². The normalized spacial score (nSPS) is 16.5. The maximum Gasteiger partial charge on any atom is 0.410 e. The molecule has 1 amide bonds. The van der Waals surface area contributed by atoms with E-state index in [2.05, 4.69) is 33.1 Å². The van der Waals surface area contributed by atoms with Crippen LogP contribution in [0.2, 0.25) is 0 Å². The first-order valence-electron chi connectivity index (χ1n) is 9.99. The van der Waals surface area contributed by atoms with E-state index in [1.807, 2.05) is 26.8 Å². The van der Waals surface area contributed by atoms with Crippen molar-refractivity contribution in [3.63, 3.8) is 0 Å². The molecule has 0 saturated heterocycles. The fraction of sp³-hybridized carbons (Fsp3) is 0.476. The van der Waals surface area contributed by atoms with Crippen molar-refractivity contribution in [3.05, 3.63) is 34.7 Å². The Balaban J connectivity index is 1.51. The van der Waals surface area contributed by atoms with E-state index in [9.17, 15) is 4.79 Å². The van der Waals surface area contributed by atoms with Gasteiger partial charge >= 0.3 is 6.09 Å². The third-order valence-electron chi connectivity index (χ3n) is 4.82. The number of aromatic nitrogens is 1. The van der Waals surface area contributed by atoms with Gasteiger partial charge in [-0.2, -0.15) is 0 Å². The third-order valence-corrected chi connectivity index (χ3v) is 5.58. The summed E-state index contributed by atoms with van der Waals surface area (Å²) in [6, 6.07) is 6.23. The lowest BCUT2D eigenvalue weighted by Crippen LogP contribution is -2.40. The number of carbonyl (C=O) groups is 1. The number of anilines is 1. The Labute approximate surface area is 175 Å². The van der Waals surface area contributed by atoms with Crippen molar-refractivity contribution in [1.82, 2.24) is 15.2 Å². The topological polar surface area (TPSA) is 78.8 Å². The van der Waals surface area contributed by atoms with Crippen molar-refractivity contribution in [2.75, 3.05) is 25.0 Å². The molecular weight excluding hydrogens is 386 g/mol. The van der Waals surface area contributed by atoms with Crippen LogP contribution in [-0.4, -0.2) is 47.2 Å². The third kappa shape index (κ3) is 4.70. The molecular formula is C21H27N5O2S. The SMILES string of the molecule is CC(C)(C)OC(=O)N1CCc2c(cccc2-c2csc(NC3=NCCCN3)n2)C1. The number of hydrogen-bond acceptors (Lipinski definition) is 7. The van der Waals surface area contributed by atoms with Crippen LogP contribution in [0.1, 0.15) is 38.3 Å². The predicted molar refractivity (Wildman–Crippen MR) is 116 cm³/mol. The molecule has 4 rings (SSSR count). The molecule has 0 fully saturated rings. The van der Waals surface area contributed by atoms with Crippen molar-refractivity contribution in [1.29, 1.82) is 0 Å². The van der Waals surface area contributed by atoms with Gasteiger partial charge in [-0.3, -0.25) is 4.99 Å². The number of thiazole rings is 1. The average Bonchev–Trinajstić information content (AvgIpc) is 3.15. The van der Waals surface area contributed by atoms with E-state index in [1.54, 1.807) is 16.2 Å². The minimum atomic E-state index is -0.485. The summed E-state index contributed by atoms with van der Waals surface area (Å²) < 4.78 is 5.53. The molecule has 8 heteroatoms. The van der Waals surface area contributed by atoms with Crippen molar-refractivity contribution in [2.45, 2.75) is 45.8 Å². The van der Waals surface area contributed by atoms with E-state index < -0.39 is 5.60 Å². The summed E-state index contributed by atoms with van der Waals surface area (Å²) in [5.74, 6) is 0.792. The molecule has 0 radical (unpaired) electrons. The van der Waals surface area contributed by atoms with Crippen LogP contribution in [0.4, 0.5) is 9.93 Å². The number of rotatable bonds is 2. The number of guanidine groups is 1. The maximum absolute atomic E-state index is 12.4. The van der Waals surface area contributed by atoms with Crippen molar-refractivity contribution < 1.29 is 9.53 Å². The standard InChI is InChI=1S/C21H27N5O2S/c1-21(2,3)28-20(27)26-11-8-15-14(12-26)6-4-7-16(15)17-13-29-19(24-17)25-18-22-9-5-10-23-18/h4,6-7,13H,5,8-12H2,1-3H3,(H2,22,23,24,25). The van der Waals surface area contributed by atoms with E-state index in [1.165, 1.54) is 5.56 Å². The summed E-state index contributed by atoms with van der Waals surface area (Å²) in [6.45, 7) is 8.66. The fourth-order valence-corrected chi connectivity index (χ4v) is 4.21. The van der Waals surface area contributed by atoms with E-state index in [4.69, 9.17) is 9.72 Å². The average molecular weight is 414 g/mol. The molecule has 0 saturated carbocycles. The van der Waals surface area contributed by atoms with Crippen LogP contribution in [-0.2, 0) is 17.7 Å². The minimum absolute atomic E-state index is 0.255. The number of nitrogens with one attached hydrogen (secondary N) is 2. The Morgan fingerprint density at radius 1 is 1.34 bits per heavy atom. The monoisotopic (exact) mass is 413 g/mol. The van der Waals surface area contributed by atoms with Crippen LogP contribution >= 0.6 is 11.3 Å². The molecule has 0 atom stereocenters. The van der Waals surface area contributed by atoms with Gasteiger partial charge in [-0.1, -0.05) is 18.2 Å². The Morgan fingerprint density at radius 2 is 2.21 bits per heavy atom. The van der Waals surface area contributed by atoms with Gasteiger partial charge in [-0.05, 0) is 44.7 Å². The summed E-state index contributed by atoms with van der Waals surface area (Å²) in [6.07, 6.45) is 1.60. The highest BCUT2D eigenvalue weighted by Gasteiger charge is 2.27. The quantitative estimate of drug-likeness (QED) is 0.782. The van der Waals surface area contributed by atoms with E-state index in [-0.39, 0.29) is 6.09 Å². The van der Waals surface area contributed by atoms with Gasteiger partial charge in [0.15, 0.2) is 11.1 Å². The Morgan fingerprint density at radius 3 is 2.97 bits per heavy atom. The zero-order chi connectivity index (χ0) is 20.4. The van der Waals surface area contributed by atoms with Gasteiger partial charge < -0.3 is 20.3 Å². The summed E-state index contributed by atoms with van der Waals surface area (Å²) in [5, 5.41) is 9.43. The van der Waals surface area contributed by atoms with Crippen molar-refractivity contribution in [2.24, 2.45) is 4.99 Å². The maximum atomic E-state index is 12.4. The second-order valence-electron chi connectivity index (χ2n) is 8.27. The number of fused-ring (bicyclic) bond motifs is 1. The first kappa shape index (κ1) is 19.7. The molecule has 1 aromatic carbocycles. The molecule has 154 valence electrons. The summed E-state index contributed by atoms with van der Waals surface area (Å²) in [7, 11) is 0. The van der Waals surface area contributed by atoms with Crippen LogP contribution in [0.15, 0.2) is 28.6 Å². The number of carbonyl (C=O) groups excluding carboxylic acids is 1. The number of benzene rings is 1. The lowest BCUT2D eigenvalue weighted by atomic mass is 9.93. The van der Waals surface area contributed by atoms with Gasteiger partial charge in [-0.15, -0.1) is 11.3 Å². The Kier molecular flexibility index (Phi) is 5.45. The van der Waals surface area contributed by atoms with Gasteiger partial charge in [0.25, 0.3) is 0 Å². The number of nitrogens with zero attached hydrogens (tertiary/aromatic N) is 3. The second kappa shape index (κ2) is 8.02. The number of aliphatic imine (C=N–C) groups is 1. The molecule has 3 heterocycles. The van der Waals surface area contributed by atoms with E-state index in [0.717, 1.165) is 53.8 Å². The molecule has 0 spiro atoms. The highest BCUT2D eigenvalue weighted by atomic mass is 32.1. The van der Waals surface area contributed by atoms with Gasteiger partial charge in [0.2, 0.25) is 0 Å². The summed E-state index contributed by atoms with van der Waals surface area (Å²) in [5.41, 5.74) is 4.02. The highest BCUT2D eigenvalue weighted by Crippen LogP contribution is 2.32. The molecule has 2 aliphatic rings. The number of ether oxygens (including phenoxy) is 1. The van der Waals surface area contributed by atoms with Crippen LogP contribution in [0, 0.1) is 0 Å². The summed E-state index contributed by atoms with van der Waals surface area (Å²) in [4.78, 5) is 23.4. The van der Waals surface area contributed by atoms with Gasteiger partial charge in [-0.25, -0.2) is 9.78 Å². The van der Waals surface area contributed by atoms with E-state index >= 15 is 0 Å². The lowest BCUT2D eigenvalue weighted by Gasteiger charge is -2.32. The van der Waals surface area contributed by atoms with Crippen molar-refractivity contribution >= 4 is 28.5 Å². The van der Waals surface area contributed by atoms with Gasteiger partial charge in [0.05, 0.1) is 5.69 Å². The number of amides is 1. The zero-order valence-corrected chi connectivity index (χ0v) is 17.9. The van der Waals surface area contributed by atoms with Crippen LogP contribution < -0.4 is 10.6 Å². The molecule has 7 nitrogen and oxygen atoms in total. The predicted octanol–water partition coefficient (Wildman–Crippen LogP) is 3.86. The highest BCUT2D eigenvalue weighted by molar-refractivity contribution is 7.14. The first-order valence-corrected chi connectivity index (χ1v) is 10.9. The second-order valence-corrected chi connectivity index (χ2v) is 9.13. The minimum Gasteiger partial charge on any atom is -0.444 e. The van der Waals surface area contributed by atoms with Crippen molar-refractivity contribution in [3.8, 4) is 11.3 Å². The summed E-state index contributed by atoms with van der Waals surface area (Å²) >= 11 is 1.57. The lowest BCUT2D eigenvalue weighted by molar-refractivity contribution is 0.0224. The molecule has 2 N–H and O–H groups in total. The van der Waals surface area contributed by atoms with Crippen LogP contribution in [0.25, 0.3) is 11.3 Å². The largest absolute Gasteiger partial charge is 0.444 e. The molecule has 0 unspecified atom stereocenters. The molecule has 1 aromatic heterocycles. The zero-order valence-electron chi connectivity index (χ0n) is 17.1. The smallest absolute Gasteiger partial charge is 0.410 e.